The highest BCUT2D eigenvalue weighted by molar-refractivity contribution is 6.12. The molecule has 0 saturated heterocycles. The fourth-order valence-electron chi connectivity index (χ4n) is 3.83. The summed E-state index contributed by atoms with van der Waals surface area (Å²) in [6.07, 6.45) is 4.24. The van der Waals surface area contributed by atoms with Gasteiger partial charge in [-0.15, -0.1) is 0 Å². The quantitative estimate of drug-likeness (QED) is 0.508. The summed E-state index contributed by atoms with van der Waals surface area (Å²) in [5.74, 6) is 0.172. The molecule has 2 aromatic rings. The Bertz CT molecular complexity index is 958. The molecule has 0 saturated carbocycles. The summed E-state index contributed by atoms with van der Waals surface area (Å²) in [7, 11) is 0. The van der Waals surface area contributed by atoms with Crippen LogP contribution in [0.15, 0.2) is 77.4 Å². The van der Waals surface area contributed by atoms with Crippen molar-refractivity contribution in [3.63, 3.8) is 0 Å². The second-order valence-electron chi connectivity index (χ2n) is 10.5. The lowest BCUT2D eigenvalue weighted by Gasteiger charge is -2.32. The van der Waals surface area contributed by atoms with Gasteiger partial charge in [0.1, 0.15) is 0 Å². The number of Topliss-reactive ketones (excluding diaryl/α,β-unsaturated/α-hetero) is 1. The van der Waals surface area contributed by atoms with Crippen molar-refractivity contribution in [2.45, 2.75) is 55.4 Å². The van der Waals surface area contributed by atoms with Crippen LogP contribution in [0.25, 0.3) is 5.57 Å². The van der Waals surface area contributed by atoms with Crippen LogP contribution in [0.3, 0.4) is 0 Å². The van der Waals surface area contributed by atoms with Gasteiger partial charge in [-0.25, -0.2) is 0 Å². The maximum Gasteiger partial charge on any atom is 0.186 e. The van der Waals surface area contributed by atoms with Gasteiger partial charge in [-0.1, -0.05) is 101 Å². The first-order valence-corrected chi connectivity index (χ1v) is 10.8. The summed E-state index contributed by atoms with van der Waals surface area (Å²) in [4.78, 5) is 13.4. The molecule has 1 nitrogen and oxygen atoms in total. The van der Waals surface area contributed by atoms with E-state index >= 15 is 0 Å². The molecular weight excluding hydrogens is 364 g/mol. The molecule has 0 N–H and O–H groups in total. The molecule has 0 heterocycles. The van der Waals surface area contributed by atoms with Gasteiger partial charge in [0.05, 0.1) is 0 Å². The first-order valence-electron chi connectivity index (χ1n) is 10.8. The minimum atomic E-state index is -0.223. The van der Waals surface area contributed by atoms with E-state index in [4.69, 9.17) is 0 Å². The van der Waals surface area contributed by atoms with Crippen LogP contribution in [0.4, 0.5) is 0 Å². The molecule has 0 unspecified atom stereocenters. The number of carbonyl (C=O) groups is 1. The Morgan fingerprint density at radius 3 is 1.23 bits per heavy atom. The van der Waals surface area contributed by atoms with Crippen LogP contribution in [0.5, 0.6) is 0 Å². The number of carbonyl (C=O) groups excluding carboxylic acids is 1. The van der Waals surface area contributed by atoms with Crippen molar-refractivity contribution in [1.82, 2.24) is 0 Å². The molecule has 0 fully saturated rings. The van der Waals surface area contributed by atoms with E-state index in [0.717, 1.165) is 16.7 Å². The fraction of sp³-hybridized carbons (Fsp3) is 0.345. The highest BCUT2D eigenvalue weighted by Crippen LogP contribution is 2.41. The third-order valence-electron chi connectivity index (χ3n) is 5.67. The van der Waals surface area contributed by atoms with E-state index in [0.29, 0.717) is 0 Å². The topological polar surface area (TPSA) is 17.1 Å². The van der Waals surface area contributed by atoms with Crippen LogP contribution in [0, 0.1) is 24.7 Å². The standard InChI is InChI=1S/C29H34O/c1-19-9-13-21(14-10-19)26(22-15-11-20(2)12-16-22)23-17-24(28(3,4)5)27(30)25(18-23)29(6,7)8/h9-18H,1-8H3. The fourth-order valence-corrected chi connectivity index (χ4v) is 3.83. The molecule has 30 heavy (non-hydrogen) atoms. The Balaban J connectivity index is 2.39. The minimum absolute atomic E-state index is 0.172. The molecule has 0 radical (unpaired) electrons. The zero-order chi connectivity index (χ0) is 22.3. The summed E-state index contributed by atoms with van der Waals surface area (Å²) in [6.45, 7) is 17.0. The van der Waals surface area contributed by atoms with Gasteiger partial charge in [-0.05, 0) is 59.1 Å². The molecular formula is C29H34O. The summed E-state index contributed by atoms with van der Waals surface area (Å²) in [5, 5.41) is 0. The van der Waals surface area contributed by atoms with Crippen molar-refractivity contribution >= 4 is 11.4 Å². The van der Waals surface area contributed by atoms with Gasteiger partial charge in [-0.2, -0.15) is 0 Å². The van der Waals surface area contributed by atoms with Gasteiger partial charge in [0.15, 0.2) is 5.78 Å². The summed E-state index contributed by atoms with van der Waals surface area (Å²) in [5.41, 5.74) is 8.40. The minimum Gasteiger partial charge on any atom is -0.289 e. The van der Waals surface area contributed by atoms with Gasteiger partial charge < -0.3 is 0 Å². The lowest BCUT2D eigenvalue weighted by molar-refractivity contribution is -0.114. The maximum absolute atomic E-state index is 13.4. The van der Waals surface area contributed by atoms with Crippen molar-refractivity contribution in [2.24, 2.45) is 10.8 Å². The van der Waals surface area contributed by atoms with Crippen molar-refractivity contribution in [3.05, 3.63) is 99.7 Å². The molecule has 0 bridgehead atoms. The molecule has 1 aliphatic carbocycles. The molecule has 1 aliphatic rings. The van der Waals surface area contributed by atoms with Crippen LogP contribution in [-0.2, 0) is 4.79 Å². The van der Waals surface area contributed by atoms with Crippen molar-refractivity contribution < 1.29 is 4.79 Å². The number of hydrogen-bond acceptors (Lipinski definition) is 1. The zero-order valence-corrected chi connectivity index (χ0v) is 19.7. The third-order valence-corrected chi connectivity index (χ3v) is 5.67. The molecule has 0 aromatic heterocycles. The van der Waals surface area contributed by atoms with Gasteiger partial charge in [-0.3, -0.25) is 4.79 Å². The number of ketones is 1. The number of aryl methyl sites for hydroxylation is 2. The van der Waals surface area contributed by atoms with Crippen LogP contribution in [0.2, 0.25) is 0 Å². The highest BCUT2D eigenvalue weighted by Gasteiger charge is 2.34. The molecule has 1 heteroatoms. The Kier molecular flexibility index (Phi) is 5.78. The van der Waals surface area contributed by atoms with E-state index in [2.05, 4.69) is 116 Å². The lowest BCUT2D eigenvalue weighted by atomic mass is 9.71. The van der Waals surface area contributed by atoms with Gasteiger partial charge in [0, 0.05) is 11.1 Å². The number of hydrogen-bond donors (Lipinski definition) is 0. The Morgan fingerprint density at radius 2 is 0.933 bits per heavy atom. The van der Waals surface area contributed by atoms with Gasteiger partial charge in [0.2, 0.25) is 0 Å². The van der Waals surface area contributed by atoms with Crippen molar-refractivity contribution in [1.29, 1.82) is 0 Å². The van der Waals surface area contributed by atoms with Crippen LogP contribution < -0.4 is 0 Å². The second kappa shape index (κ2) is 7.87. The molecule has 0 spiro atoms. The van der Waals surface area contributed by atoms with E-state index in [1.165, 1.54) is 27.8 Å². The normalized spacial score (nSPS) is 15.1. The van der Waals surface area contributed by atoms with Gasteiger partial charge in [0.25, 0.3) is 0 Å². The predicted octanol–water partition coefficient (Wildman–Crippen LogP) is 7.63. The summed E-state index contributed by atoms with van der Waals surface area (Å²) in [6, 6.07) is 17.3. The summed E-state index contributed by atoms with van der Waals surface area (Å²) < 4.78 is 0. The van der Waals surface area contributed by atoms with E-state index in [1.807, 2.05) is 0 Å². The maximum atomic E-state index is 13.4. The number of benzene rings is 2. The van der Waals surface area contributed by atoms with E-state index < -0.39 is 0 Å². The summed E-state index contributed by atoms with van der Waals surface area (Å²) >= 11 is 0. The molecule has 2 aromatic carbocycles. The van der Waals surface area contributed by atoms with Crippen LogP contribution in [0.1, 0.15) is 63.8 Å². The Hall–Kier alpha value is -2.67. The smallest absolute Gasteiger partial charge is 0.186 e. The monoisotopic (exact) mass is 398 g/mol. The largest absolute Gasteiger partial charge is 0.289 e. The number of allylic oxidation sites excluding steroid dienone is 5. The van der Waals surface area contributed by atoms with E-state index in [1.54, 1.807) is 0 Å². The first kappa shape index (κ1) is 22.0. The second-order valence-corrected chi connectivity index (χ2v) is 10.5. The Morgan fingerprint density at radius 1 is 0.600 bits per heavy atom. The molecule has 3 rings (SSSR count). The van der Waals surface area contributed by atoms with Crippen molar-refractivity contribution in [3.8, 4) is 0 Å². The van der Waals surface area contributed by atoms with Crippen LogP contribution in [-0.4, -0.2) is 5.78 Å². The van der Waals surface area contributed by atoms with E-state index in [9.17, 15) is 4.79 Å². The van der Waals surface area contributed by atoms with E-state index in [-0.39, 0.29) is 16.6 Å². The SMILES string of the molecule is Cc1ccc(C(=C2C=C(C(C)(C)C)C(=O)C(C(C)(C)C)=C2)c2ccc(C)cc2)cc1. The lowest BCUT2D eigenvalue weighted by Crippen LogP contribution is -2.28. The predicted molar refractivity (Wildman–Crippen MR) is 128 cm³/mol. The zero-order valence-electron chi connectivity index (χ0n) is 19.7. The highest BCUT2D eigenvalue weighted by atomic mass is 16.1. The molecule has 0 atom stereocenters. The third kappa shape index (κ3) is 4.56. The molecule has 0 aliphatic heterocycles. The number of rotatable bonds is 2. The average molecular weight is 399 g/mol. The first-order chi connectivity index (χ1) is 13.9. The molecule has 0 amide bonds. The Labute approximate surface area is 182 Å². The van der Waals surface area contributed by atoms with Crippen LogP contribution >= 0.6 is 0 Å². The average Bonchev–Trinajstić information content (AvgIpc) is 2.64. The van der Waals surface area contributed by atoms with Crippen molar-refractivity contribution in [2.75, 3.05) is 0 Å². The molecule has 156 valence electrons. The van der Waals surface area contributed by atoms with Gasteiger partial charge >= 0.3 is 0 Å².